The third-order valence-corrected chi connectivity index (χ3v) is 3.78. The summed E-state index contributed by atoms with van der Waals surface area (Å²) in [7, 11) is 0. The summed E-state index contributed by atoms with van der Waals surface area (Å²) in [5.41, 5.74) is 2.17. The molecule has 0 saturated heterocycles. The summed E-state index contributed by atoms with van der Waals surface area (Å²) in [4.78, 5) is 47.5. The number of amides is 3. The zero-order valence-electron chi connectivity index (χ0n) is 16.3. The molecular formula is C21H23N3O5. The first-order valence-corrected chi connectivity index (χ1v) is 9.07. The highest BCUT2D eigenvalue weighted by molar-refractivity contribution is 5.98. The van der Waals surface area contributed by atoms with E-state index in [0.717, 1.165) is 5.56 Å². The molecule has 2 aromatic rings. The second-order valence-electron chi connectivity index (χ2n) is 6.20. The van der Waals surface area contributed by atoms with Crippen molar-refractivity contribution in [3.63, 3.8) is 0 Å². The molecular weight excluding hydrogens is 374 g/mol. The molecule has 0 unspecified atom stereocenters. The van der Waals surface area contributed by atoms with Gasteiger partial charge in [-0.3, -0.25) is 19.2 Å². The fraction of sp³-hybridized carbons (Fsp3) is 0.238. The van der Waals surface area contributed by atoms with Crippen LogP contribution in [0.2, 0.25) is 0 Å². The van der Waals surface area contributed by atoms with Crippen LogP contribution in [0.1, 0.15) is 33.2 Å². The van der Waals surface area contributed by atoms with Gasteiger partial charge in [-0.1, -0.05) is 23.8 Å². The quantitative estimate of drug-likeness (QED) is 0.586. The van der Waals surface area contributed by atoms with Crippen LogP contribution in [0.25, 0.3) is 0 Å². The second kappa shape index (κ2) is 10.6. The highest BCUT2D eigenvalue weighted by atomic mass is 16.5. The van der Waals surface area contributed by atoms with Gasteiger partial charge < -0.3 is 20.7 Å². The van der Waals surface area contributed by atoms with Crippen LogP contribution in [-0.2, 0) is 14.3 Å². The Kier molecular flexibility index (Phi) is 7.90. The number of nitrogens with one attached hydrogen (secondary N) is 3. The number of esters is 1. The van der Waals surface area contributed by atoms with E-state index in [9.17, 15) is 19.2 Å². The first-order chi connectivity index (χ1) is 13.9. The number of ether oxygens (including phenoxy) is 1. The van der Waals surface area contributed by atoms with E-state index in [4.69, 9.17) is 4.74 Å². The lowest BCUT2D eigenvalue weighted by Crippen LogP contribution is -2.32. The van der Waals surface area contributed by atoms with Gasteiger partial charge in [0.15, 0.2) is 6.61 Å². The molecule has 0 atom stereocenters. The van der Waals surface area contributed by atoms with Crippen molar-refractivity contribution < 1.29 is 23.9 Å². The van der Waals surface area contributed by atoms with Gasteiger partial charge >= 0.3 is 5.97 Å². The number of rotatable bonds is 8. The molecule has 0 heterocycles. The molecule has 29 heavy (non-hydrogen) atoms. The Balaban J connectivity index is 1.77. The normalized spacial score (nSPS) is 10.0. The maximum Gasteiger partial charge on any atom is 0.325 e. The molecule has 0 bridgehead atoms. The highest BCUT2D eigenvalue weighted by Crippen LogP contribution is 2.10. The Hall–Kier alpha value is -3.68. The maximum absolute atomic E-state index is 12.0. The lowest BCUT2D eigenvalue weighted by molar-refractivity contribution is -0.146. The van der Waals surface area contributed by atoms with Gasteiger partial charge in [-0.2, -0.15) is 0 Å². The Morgan fingerprint density at radius 3 is 2.24 bits per heavy atom. The monoisotopic (exact) mass is 397 g/mol. The minimum absolute atomic E-state index is 0.251. The molecule has 2 aromatic carbocycles. The number of carbonyl (C=O) groups excluding carboxylic acids is 4. The van der Waals surface area contributed by atoms with Crippen LogP contribution in [0.4, 0.5) is 5.69 Å². The van der Waals surface area contributed by atoms with Crippen LogP contribution in [0.5, 0.6) is 0 Å². The molecule has 2 rings (SSSR count). The van der Waals surface area contributed by atoms with Gasteiger partial charge in [-0.15, -0.1) is 0 Å². The maximum atomic E-state index is 12.0. The van der Waals surface area contributed by atoms with Crippen molar-refractivity contribution in [1.82, 2.24) is 10.6 Å². The van der Waals surface area contributed by atoms with Gasteiger partial charge in [-0.05, 0) is 44.2 Å². The summed E-state index contributed by atoms with van der Waals surface area (Å²) in [6.07, 6.45) is 0. The van der Waals surface area contributed by atoms with Crippen molar-refractivity contribution in [1.29, 1.82) is 0 Å². The summed E-state index contributed by atoms with van der Waals surface area (Å²) < 4.78 is 4.86. The van der Waals surface area contributed by atoms with Gasteiger partial charge in [-0.25, -0.2) is 0 Å². The van der Waals surface area contributed by atoms with E-state index in [2.05, 4.69) is 16.0 Å². The number of hydrogen-bond acceptors (Lipinski definition) is 5. The molecule has 0 aliphatic carbocycles. The first-order valence-electron chi connectivity index (χ1n) is 9.07. The molecule has 0 spiro atoms. The van der Waals surface area contributed by atoms with E-state index in [-0.39, 0.29) is 12.5 Å². The fourth-order valence-corrected chi connectivity index (χ4v) is 2.44. The molecule has 0 saturated carbocycles. The molecule has 8 nitrogen and oxygen atoms in total. The zero-order chi connectivity index (χ0) is 21.2. The third kappa shape index (κ3) is 7.10. The molecule has 0 fully saturated rings. The van der Waals surface area contributed by atoms with E-state index in [1.54, 1.807) is 43.3 Å². The Morgan fingerprint density at radius 2 is 1.55 bits per heavy atom. The summed E-state index contributed by atoms with van der Waals surface area (Å²) in [6, 6.07) is 13.3. The largest absolute Gasteiger partial charge is 0.454 e. The first kappa shape index (κ1) is 21.6. The van der Waals surface area contributed by atoms with E-state index in [1.165, 1.54) is 6.07 Å². The average molecular weight is 397 g/mol. The molecule has 0 aromatic heterocycles. The standard InChI is InChI=1S/C21H23N3O5/c1-3-22-20(27)16-8-5-9-17(11-16)24-18(25)13-29-19(26)12-23-21(28)15-7-4-6-14(2)10-15/h4-11H,3,12-13H2,1-2H3,(H,22,27)(H,23,28)(H,24,25). The van der Waals surface area contributed by atoms with E-state index < -0.39 is 24.4 Å². The number of benzene rings is 2. The Morgan fingerprint density at radius 1 is 0.897 bits per heavy atom. The molecule has 0 aliphatic rings. The van der Waals surface area contributed by atoms with Crippen molar-refractivity contribution in [2.45, 2.75) is 13.8 Å². The van der Waals surface area contributed by atoms with Crippen molar-refractivity contribution in [2.24, 2.45) is 0 Å². The van der Waals surface area contributed by atoms with Crippen molar-refractivity contribution >= 4 is 29.4 Å². The predicted molar refractivity (Wildman–Crippen MR) is 108 cm³/mol. The van der Waals surface area contributed by atoms with Gasteiger partial charge in [0.25, 0.3) is 17.7 Å². The van der Waals surface area contributed by atoms with Gasteiger partial charge in [0.2, 0.25) is 0 Å². The van der Waals surface area contributed by atoms with Crippen molar-refractivity contribution in [3.05, 3.63) is 65.2 Å². The van der Waals surface area contributed by atoms with Crippen LogP contribution < -0.4 is 16.0 Å². The Bertz CT molecular complexity index is 911. The van der Waals surface area contributed by atoms with Crippen LogP contribution in [0.15, 0.2) is 48.5 Å². The lowest BCUT2D eigenvalue weighted by Gasteiger charge is -2.09. The predicted octanol–water partition coefficient (Wildman–Crippen LogP) is 1.66. The SMILES string of the molecule is CCNC(=O)c1cccc(NC(=O)COC(=O)CNC(=O)c2cccc(C)c2)c1. The number of anilines is 1. The van der Waals surface area contributed by atoms with E-state index in [0.29, 0.717) is 23.4 Å². The topological polar surface area (TPSA) is 114 Å². The third-order valence-electron chi connectivity index (χ3n) is 3.78. The highest BCUT2D eigenvalue weighted by Gasteiger charge is 2.12. The fourth-order valence-electron chi connectivity index (χ4n) is 2.44. The van der Waals surface area contributed by atoms with E-state index in [1.807, 2.05) is 13.0 Å². The molecule has 0 aliphatic heterocycles. The minimum Gasteiger partial charge on any atom is -0.454 e. The van der Waals surface area contributed by atoms with Crippen LogP contribution in [0, 0.1) is 6.92 Å². The van der Waals surface area contributed by atoms with Gasteiger partial charge in [0.1, 0.15) is 6.54 Å². The van der Waals surface area contributed by atoms with Crippen molar-refractivity contribution in [2.75, 3.05) is 25.0 Å². The van der Waals surface area contributed by atoms with Crippen molar-refractivity contribution in [3.8, 4) is 0 Å². The minimum atomic E-state index is -0.739. The van der Waals surface area contributed by atoms with Gasteiger partial charge in [0.05, 0.1) is 0 Å². The molecule has 0 radical (unpaired) electrons. The molecule has 3 amide bonds. The zero-order valence-corrected chi connectivity index (χ0v) is 16.3. The summed E-state index contributed by atoms with van der Waals surface area (Å²) in [5.74, 6) is -1.95. The summed E-state index contributed by atoms with van der Waals surface area (Å²) in [6.45, 7) is 3.29. The second-order valence-corrected chi connectivity index (χ2v) is 6.20. The number of aryl methyl sites for hydroxylation is 1. The number of hydrogen-bond donors (Lipinski definition) is 3. The molecule has 152 valence electrons. The number of carbonyl (C=O) groups is 4. The van der Waals surface area contributed by atoms with Gasteiger partial charge in [0, 0.05) is 23.4 Å². The smallest absolute Gasteiger partial charge is 0.325 e. The molecule has 3 N–H and O–H groups in total. The van der Waals surface area contributed by atoms with Crippen LogP contribution >= 0.6 is 0 Å². The summed E-state index contributed by atoms with van der Waals surface area (Å²) >= 11 is 0. The lowest BCUT2D eigenvalue weighted by atomic mass is 10.1. The van der Waals surface area contributed by atoms with Crippen LogP contribution in [-0.4, -0.2) is 43.4 Å². The van der Waals surface area contributed by atoms with Crippen LogP contribution in [0.3, 0.4) is 0 Å². The summed E-state index contributed by atoms with van der Waals surface area (Å²) in [5, 5.41) is 7.65. The molecule has 8 heteroatoms. The van der Waals surface area contributed by atoms with E-state index >= 15 is 0 Å². The average Bonchev–Trinajstić information content (AvgIpc) is 2.71. The Labute approximate surface area is 168 Å².